The highest BCUT2D eigenvalue weighted by atomic mass is 35.5. The number of nitrogens with zero attached hydrogens (tertiary/aromatic N) is 3. The van der Waals surface area contributed by atoms with Crippen LogP contribution in [0.15, 0.2) is 24.3 Å². The van der Waals surface area contributed by atoms with Gasteiger partial charge in [-0.25, -0.2) is 4.68 Å². The van der Waals surface area contributed by atoms with Crippen LogP contribution in [0.5, 0.6) is 0 Å². The van der Waals surface area contributed by atoms with E-state index in [0.29, 0.717) is 30.2 Å². The van der Waals surface area contributed by atoms with E-state index in [4.69, 9.17) is 22.4 Å². The quantitative estimate of drug-likeness (QED) is 0.859. The van der Waals surface area contributed by atoms with Crippen molar-refractivity contribution >= 4 is 11.6 Å². The minimum Gasteiger partial charge on any atom is -0.396 e. The molecule has 18 heavy (non-hydrogen) atoms. The van der Waals surface area contributed by atoms with Crippen LogP contribution in [-0.2, 0) is 13.1 Å². The highest BCUT2D eigenvalue weighted by Gasteiger charge is 2.15. The van der Waals surface area contributed by atoms with E-state index < -0.39 is 0 Å². The number of nitrogens with two attached hydrogens (primary N) is 1. The van der Waals surface area contributed by atoms with Gasteiger partial charge in [0, 0.05) is 25.3 Å². The van der Waals surface area contributed by atoms with Crippen molar-refractivity contribution in [2.45, 2.75) is 19.5 Å². The predicted molar refractivity (Wildman–Crippen MR) is 70.1 cm³/mol. The molecule has 0 amide bonds. The number of rotatable bonds is 5. The fourth-order valence-electron chi connectivity index (χ4n) is 1.81. The standard InChI is InChI=1S/C12H15ClN4O/c13-10-5-2-1-4-9(10)12-11(8-14)15-16-17(12)6-3-7-18/h1-2,4-5,18H,3,6-8,14H2. The summed E-state index contributed by atoms with van der Waals surface area (Å²) in [6, 6.07) is 7.51. The summed E-state index contributed by atoms with van der Waals surface area (Å²) in [5.41, 5.74) is 8.07. The lowest BCUT2D eigenvalue weighted by atomic mass is 10.1. The molecule has 2 rings (SSSR count). The topological polar surface area (TPSA) is 77.0 Å². The zero-order valence-electron chi connectivity index (χ0n) is 9.88. The number of aryl methyl sites for hydroxylation is 1. The Kier molecular flexibility index (Phi) is 4.30. The van der Waals surface area contributed by atoms with Gasteiger partial charge in [0.25, 0.3) is 0 Å². The number of halogens is 1. The van der Waals surface area contributed by atoms with Gasteiger partial charge in [-0.1, -0.05) is 35.0 Å². The lowest BCUT2D eigenvalue weighted by molar-refractivity contribution is 0.276. The molecular weight excluding hydrogens is 252 g/mol. The van der Waals surface area contributed by atoms with Crippen LogP contribution in [0.2, 0.25) is 5.02 Å². The molecule has 6 heteroatoms. The van der Waals surface area contributed by atoms with E-state index >= 15 is 0 Å². The summed E-state index contributed by atoms with van der Waals surface area (Å²) in [6.45, 7) is 1.00. The molecule has 5 nitrogen and oxygen atoms in total. The third-order valence-electron chi connectivity index (χ3n) is 2.66. The molecule has 0 aliphatic heterocycles. The van der Waals surface area contributed by atoms with Crippen LogP contribution in [0.25, 0.3) is 11.3 Å². The summed E-state index contributed by atoms with van der Waals surface area (Å²) in [5.74, 6) is 0. The van der Waals surface area contributed by atoms with Crippen molar-refractivity contribution in [3.05, 3.63) is 35.0 Å². The van der Waals surface area contributed by atoms with Gasteiger partial charge in [-0.2, -0.15) is 0 Å². The van der Waals surface area contributed by atoms with Crippen molar-refractivity contribution in [2.24, 2.45) is 5.73 Å². The molecule has 0 atom stereocenters. The van der Waals surface area contributed by atoms with Crippen molar-refractivity contribution in [3.63, 3.8) is 0 Å². The first kappa shape index (κ1) is 13.0. The monoisotopic (exact) mass is 266 g/mol. The Morgan fingerprint density at radius 1 is 1.33 bits per heavy atom. The van der Waals surface area contributed by atoms with E-state index in [0.717, 1.165) is 11.3 Å². The summed E-state index contributed by atoms with van der Waals surface area (Å²) in [5, 5.41) is 17.6. The first-order valence-corrected chi connectivity index (χ1v) is 6.14. The third kappa shape index (κ3) is 2.53. The van der Waals surface area contributed by atoms with E-state index in [1.807, 2.05) is 24.3 Å². The van der Waals surface area contributed by atoms with E-state index in [1.165, 1.54) is 0 Å². The summed E-state index contributed by atoms with van der Waals surface area (Å²) in [4.78, 5) is 0. The van der Waals surface area contributed by atoms with Crippen molar-refractivity contribution in [1.29, 1.82) is 0 Å². The lowest BCUT2D eigenvalue weighted by Gasteiger charge is -2.08. The van der Waals surface area contributed by atoms with Gasteiger partial charge in [-0.3, -0.25) is 0 Å². The zero-order chi connectivity index (χ0) is 13.0. The molecule has 0 bridgehead atoms. The first-order valence-electron chi connectivity index (χ1n) is 5.76. The van der Waals surface area contributed by atoms with Crippen molar-refractivity contribution in [3.8, 4) is 11.3 Å². The molecule has 0 aliphatic rings. The fraction of sp³-hybridized carbons (Fsp3) is 0.333. The van der Waals surface area contributed by atoms with Gasteiger partial charge >= 0.3 is 0 Å². The average Bonchev–Trinajstić information content (AvgIpc) is 2.79. The molecule has 1 aromatic carbocycles. The second-order valence-electron chi connectivity index (χ2n) is 3.87. The van der Waals surface area contributed by atoms with Gasteiger partial charge in [0.1, 0.15) is 5.69 Å². The molecule has 2 aromatic rings. The number of benzene rings is 1. The highest BCUT2D eigenvalue weighted by molar-refractivity contribution is 6.33. The van der Waals surface area contributed by atoms with Gasteiger partial charge in [0.2, 0.25) is 0 Å². The molecule has 1 heterocycles. The van der Waals surface area contributed by atoms with Crippen LogP contribution in [0.3, 0.4) is 0 Å². The Morgan fingerprint density at radius 3 is 2.78 bits per heavy atom. The minimum absolute atomic E-state index is 0.111. The third-order valence-corrected chi connectivity index (χ3v) is 2.98. The highest BCUT2D eigenvalue weighted by Crippen LogP contribution is 2.29. The molecule has 0 saturated heterocycles. The van der Waals surface area contributed by atoms with Crippen molar-refractivity contribution < 1.29 is 5.11 Å². The molecule has 1 aromatic heterocycles. The molecule has 0 fully saturated rings. The maximum Gasteiger partial charge on any atom is 0.104 e. The second kappa shape index (κ2) is 5.95. The normalized spacial score (nSPS) is 10.8. The molecule has 0 saturated carbocycles. The van der Waals surface area contributed by atoms with Gasteiger partial charge in [-0.05, 0) is 12.5 Å². The van der Waals surface area contributed by atoms with Gasteiger partial charge in [-0.15, -0.1) is 5.10 Å². The average molecular weight is 267 g/mol. The Morgan fingerprint density at radius 2 is 2.11 bits per heavy atom. The fourth-order valence-corrected chi connectivity index (χ4v) is 2.04. The van der Waals surface area contributed by atoms with E-state index in [-0.39, 0.29) is 6.61 Å². The van der Waals surface area contributed by atoms with E-state index in [1.54, 1.807) is 4.68 Å². The maximum atomic E-state index is 8.90. The maximum absolute atomic E-state index is 8.90. The Labute approximate surface area is 110 Å². The number of hydrogen-bond acceptors (Lipinski definition) is 4. The molecule has 0 spiro atoms. The van der Waals surface area contributed by atoms with Crippen LogP contribution in [-0.4, -0.2) is 26.7 Å². The Bertz CT molecular complexity index is 527. The number of hydrogen-bond donors (Lipinski definition) is 2. The van der Waals surface area contributed by atoms with Gasteiger partial charge in [0.15, 0.2) is 0 Å². The van der Waals surface area contributed by atoms with Crippen LogP contribution < -0.4 is 5.73 Å². The minimum atomic E-state index is 0.111. The lowest BCUT2D eigenvalue weighted by Crippen LogP contribution is -2.06. The largest absolute Gasteiger partial charge is 0.396 e. The van der Waals surface area contributed by atoms with Crippen LogP contribution in [0, 0.1) is 0 Å². The molecule has 96 valence electrons. The summed E-state index contributed by atoms with van der Waals surface area (Å²) >= 11 is 6.19. The molecule has 3 N–H and O–H groups in total. The van der Waals surface area contributed by atoms with Crippen LogP contribution in [0.4, 0.5) is 0 Å². The predicted octanol–water partition coefficient (Wildman–Crippen LogP) is 1.44. The number of aromatic nitrogens is 3. The van der Waals surface area contributed by atoms with E-state index in [9.17, 15) is 0 Å². The smallest absolute Gasteiger partial charge is 0.104 e. The second-order valence-corrected chi connectivity index (χ2v) is 4.28. The van der Waals surface area contributed by atoms with E-state index in [2.05, 4.69) is 10.3 Å². The van der Waals surface area contributed by atoms with Crippen LogP contribution >= 0.6 is 11.6 Å². The summed E-state index contributed by atoms with van der Waals surface area (Å²) < 4.78 is 1.74. The molecule has 0 radical (unpaired) electrons. The Balaban J connectivity index is 2.47. The van der Waals surface area contributed by atoms with Crippen molar-refractivity contribution in [1.82, 2.24) is 15.0 Å². The zero-order valence-corrected chi connectivity index (χ0v) is 10.6. The Hall–Kier alpha value is -1.43. The number of aliphatic hydroxyl groups is 1. The van der Waals surface area contributed by atoms with Crippen molar-refractivity contribution in [2.75, 3.05) is 6.61 Å². The molecule has 0 aliphatic carbocycles. The van der Waals surface area contributed by atoms with Crippen LogP contribution in [0.1, 0.15) is 12.1 Å². The summed E-state index contributed by atoms with van der Waals surface area (Å²) in [6.07, 6.45) is 0.616. The molecular formula is C12H15ClN4O. The summed E-state index contributed by atoms with van der Waals surface area (Å²) in [7, 11) is 0. The van der Waals surface area contributed by atoms with Gasteiger partial charge < -0.3 is 10.8 Å². The number of aliphatic hydroxyl groups excluding tert-OH is 1. The van der Waals surface area contributed by atoms with Gasteiger partial charge in [0.05, 0.1) is 10.7 Å². The molecule has 0 unspecified atom stereocenters. The first-order chi connectivity index (χ1) is 8.77. The SMILES string of the molecule is NCc1nnn(CCCO)c1-c1ccccc1Cl.